The van der Waals surface area contributed by atoms with Crippen molar-refractivity contribution >= 4 is 11.5 Å². The van der Waals surface area contributed by atoms with E-state index in [0.717, 1.165) is 12.1 Å². The summed E-state index contributed by atoms with van der Waals surface area (Å²) in [6.45, 7) is -0.430. The van der Waals surface area contributed by atoms with Crippen molar-refractivity contribution in [2.45, 2.75) is 0 Å². The van der Waals surface area contributed by atoms with Gasteiger partial charge in [0.25, 0.3) is 5.69 Å². The molecule has 0 atom stereocenters. The average molecular weight is 222 g/mol. The van der Waals surface area contributed by atoms with Gasteiger partial charge in [0, 0.05) is 29.5 Å². The number of nitro groups is 1. The highest BCUT2D eigenvalue weighted by molar-refractivity contribution is 6.05. The molecule has 0 saturated carbocycles. The van der Waals surface area contributed by atoms with E-state index < -0.39 is 17.3 Å². The van der Waals surface area contributed by atoms with Crippen molar-refractivity contribution in [3.05, 3.63) is 51.7 Å². The number of hydrogen-bond donors (Lipinski definition) is 2. The molecular formula is C10H10N2O4. The van der Waals surface area contributed by atoms with Gasteiger partial charge in [-0.2, -0.15) is 0 Å². The van der Waals surface area contributed by atoms with Crippen molar-refractivity contribution in [2.75, 3.05) is 6.61 Å². The van der Waals surface area contributed by atoms with E-state index in [0.29, 0.717) is 0 Å². The predicted octanol–water partition coefficient (Wildman–Crippen LogP) is 0.612. The van der Waals surface area contributed by atoms with Crippen molar-refractivity contribution in [1.29, 1.82) is 0 Å². The standard InChI is InChI=1S/C10H10N2O4/c11-8(6-13)5-10(14)7-2-1-3-9(4-7)12(15)16/h1-5,13H,6,11H2/b8-5-. The molecule has 0 aromatic heterocycles. The summed E-state index contributed by atoms with van der Waals surface area (Å²) < 4.78 is 0. The van der Waals surface area contributed by atoms with Gasteiger partial charge >= 0.3 is 0 Å². The van der Waals surface area contributed by atoms with Gasteiger partial charge in [-0.1, -0.05) is 12.1 Å². The van der Waals surface area contributed by atoms with Crippen LogP contribution in [0.15, 0.2) is 36.0 Å². The Morgan fingerprint density at radius 2 is 2.25 bits per heavy atom. The molecule has 0 spiro atoms. The summed E-state index contributed by atoms with van der Waals surface area (Å²) in [6.07, 6.45) is 1.04. The Balaban J connectivity index is 3.01. The van der Waals surface area contributed by atoms with E-state index in [-0.39, 0.29) is 16.9 Å². The molecule has 0 fully saturated rings. The first-order valence-electron chi connectivity index (χ1n) is 4.40. The molecule has 1 aromatic carbocycles. The Morgan fingerprint density at radius 1 is 1.56 bits per heavy atom. The Morgan fingerprint density at radius 3 is 2.81 bits per heavy atom. The molecular weight excluding hydrogens is 212 g/mol. The van der Waals surface area contributed by atoms with Crippen LogP contribution in [0.5, 0.6) is 0 Å². The molecule has 6 nitrogen and oxygen atoms in total. The molecule has 0 radical (unpaired) electrons. The van der Waals surface area contributed by atoms with Crippen LogP contribution >= 0.6 is 0 Å². The fourth-order valence-corrected chi connectivity index (χ4v) is 1.07. The van der Waals surface area contributed by atoms with Gasteiger partial charge in [0.15, 0.2) is 5.78 Å². The lowest BCUT2D eigenvalue weighted by atomic mass is 10.1. The van der Waals surface area contributed by atoms with Gasteiger partial charge < -0.3 is 10.8 Å². The molecule has 0 aliphatic rings. The Hall–Kier alpha value is -2.21. The maximum Gasteiger partial charge on any atom is 0.270 e. The van der Waals surface area contributed by atoms with Gasteiger partial charge in [-0.15, -0.1) is 0 Å². The first kappa shape index (κ1) is 11.9. The number of rotatable bonds is 4. The van der Waals surface area contributed by atoms with Crippen molar-refractivity contribution < 1.29 is 14.8 Å². The topological polar surface area (TPSA) is 106 Å². The van der Waals surface area contributed by atoms with Crippen LogP contribution in [0.25, 0.3) is 0 Å². The number of aliphatic hydroxyl groups excluding tert-OH is 1. The lowest BCUT2D eigenvalue weighted by Gasteiger charge is -1.97. The molecule has 16 heavy (non-hydrogen) atoms. The average Bonchev–Trinajstić information content (AvgIpc) is 2.28. The maximum atomic E-state index is 11.5. The zero-order valence-corrected chi connectivity index (χ0v) is 8.29. The number of allylic oxidation sites excluding steroid dienone is 1. The highest BCUT2D eigenvalue weighted by atomic mass is 16.6. The fourth-order valence-electron chi connectivity index (χ4n) is 1.07. The Bertz CT molecular complexity index is 454. The van der Waals surface area contributed by atoms with Crippen LogP contribution in [0.4, 0.5) is 5.69 Å². The lowest BCUT2D eigenvalue weighted by molar-refractivity contribution is -0.384. The third kappa shape index (κ3) is 2.89. The van der Waals surface area contributed by atoms with Crippen LogP contribution in [0.3, 0.4) is 0 Å². The molecule has 0 aliphatic heterocycles. The van der Waals surface area contributed by atoms with E-state index in [1.165, 1.54) is 18.2 Å². The van der Waals surface area contributed by atoms with Gasteiger partial charge in [-0.05, 0) is 0 Å². The van der Waals surface area contributed by atoms with Crippen LogP contribution in [-0.2, 0) is 0 Å². The number of nitro benzene ring substituents is 1. The number of non-ortho nitro benzene ring substituents is 1. The molecule has 0 unspecified atom stereocenters. The molecule has 0 saturated heterocycles. The summed E-state index contributed by atoms with van der Waals surface area (Å²) in [6, 6.07) is 5.30. The number of benzene rings is 1. The van der Waals surface area contributed by atoms with Crippen LogP contribution in [0, 0.1) is 10.1 Å². The first-order valence-corrected chi connectivity index (χ1v) is 4.40. The van der Waals surface area contributed by atoms with E-state index in [1.54, 1.807) is 0 Å². The van der Waals surface area contributed by atoms with Gasteiger partial charge in [-0.25, -0.2) is 0 Å². The first-order chi connectivity index (χ1) is 7.54. The zero-order chi connectivity index (χ0) is 12.1. The predicted molar refractivity (Wildman–Crippen MR) is 56.8 cm³/mol. The number of carbonyl (C=O) groups is 1. The molecule has 0 aliphatic carbocycles. The number of nitrogens with zero attached hydrogens (tertiary/aromatic N) is 1. The quantitative estimate of drug-likeness (QED) is 0.336. The van der Waals surface area contributed by atoms with Crippen LogP contribution in [0.2, 0.25) is 0 Å². The molecule has 3 N–H and O–H groups in total. The Labute approximate surface area is 91.2 Å². The maximum absolute atomic E-state index is 11.5. The fraction of sp³-hybridized carbons (Fsp3) is 0.100. The van der Waals surface area contributed by atoms with Gasteiger partial charge in [0.1, 0.15) is 0 Å². The van der Waals surface area contributed by atoms with Gasteiger partial charge in [0.2, 0.25) is 0 Å². The largest absolute Gasteiger partial charge is 0.400 e. The minimum absolute atomic E-state index is 0.0107. The van der Waals surface area contributed by atoms with E-state index in [2.05, 4.69) is 0 Å². The van der Waals surface area contributed by atoms with Crippen molar-refractivity contribution in [1.82, 2.24) is 0 Å². The van der Waals surface area contributed by atoms with Crippen LogP contribution < -0.4 is 5.73 Å². The summed E-state index contributed by atoms with van der Waals surface area (Å²) in [4.78, 5) is 21.4. The minimum atomic E-state index is -0.587. The molecule has 0 amide bonds. The van der Waals surface area contributed by atoms with Crippen LogP contribution in [-0.4, -0.2) is 22.4 Å². The molecule has 84 valence electrons. The summed E-state index contributed by atoms with van der Waals surface area (Å²) in [5, 5.41) is 19.1. The monoisotopic (exact) mass is 222 g/mol. The molecule has 0 bridgehead atoms. The van der Waals surface area contributed by atoms with E-state index in [4.69, 9.17) is 10.8 Å². The van der Waals surface area contributed by atoms with Crippen LogP contribution in [0.1, 0.15) is 10.4 Å². The number of ketones is 1. The smallest absolute Gasteiger partial charge is 0.270 e. The Kier molecular flexibility index (Phi) is 3.73. The van der Waals surface area contributed by atoms with E-state index in [1.807, 2.05) is 0 Å². The number of aliphatic hydroxyl groups is 1. The SMILES string of the molecule is N/C(=C\C(=O)c1cccc([N+](=O)[O-])c1)CO. The van der Waals surface area contributed by atoms with Gasteiger partial charge in [0.05, 0.1) is 11.5 Å². The second-order valence-electron chi connectivity index (χ2n) is 3.05. The summed E-state index contributed by atoms with van der Waals surface area (Å²) in [5.74, 6) is -0.477. The van der Waals surface area contributed by atoms with Crippen molar-refractivity contribution in [3.63, 3.8) is 0 Å². The van der Waals surface area contributed by atoms with Gasteiger partial charge in [-0.3, -0.25) is 14.9 Å². The molecule has 1 aromatic rings. The zero-order valence-electron chi connectivity index (χ0n) is 8.29. The van der Waals surface area contributed by atoms with Crippen molar-refractivity contribution in [2.24, 2.45) is 5.73 Å². The molecule has 0 heterocycles. The van der Waals surface area contributed by atoms with Crippen molar-refractivity contribution in [3.8, 4) is 0 Å². The summed E-state index contributed by atoms with van der Waals surface area (Å²) in [7, 11) is 0. The normalized spacial score (nSPS) is 11.2. The van der Waals surface area contributed by atoms with E-state index >= 15 is 0 Å². The highest BCUT2D eigenvalue weighted by Gasteiger charge is 2.09. The number of nitrogens with two attached hydrogens (primary N) is 1. The number of carbonyl (C=O) groups excluding carboxylic acids is 1. The summed E-state index contributed by atoms with van der Waals surface area (Å²) in [5.41, 5.74) is 5.27. The number of hydrogen-bond acceptors (Lipinski definition) is 5. The summed E-state index contributed by atoms with van der Waals surface area (Å²) >= 11 is 0. The van der Waals surface area contributed by atoms with E-state index in [9.17, 15) is 14.9 Å². The highest BCUT2D eigenvalue weighted by Crippen LogP contribution is 2.13. The third-order valence-corrected chi connectivity index (χ3v) is 1.84. The second kappa shape index (κ2) is 5.04. The third-order valence-electron chi connectivity index (χ3n) is 1.84. The lowest BCUT2D eigenvalue weighted by Crippen LogP contribution is -2.06. The molecule has 1 rings (SSSR count). The molecule has 6 heteroatoms. The minimum Gasteiger partial charge on any atom is -0.400 e. The second-order valence-corrected chi connectivity index (χ2v) is 3.05.